The summed E-state index contributed by atoms with van der Waals surface area (Å²) in [6, 6.07) is -0.362. The van der Waals surface area contributed by atoms with Gasteiger partial charge in [0.1, 0.15) is 11.6 Å². The molecule has 1 aliphatic heterocycles. The molecule has 2 amide bonds. The summed E-state index contributed by atoms with van der Waals surface area (Å²) in [6.07, 6.45) is 1.53. The van der Waals surface area contributed by atoms with Crippen molar-refractivity contribution in [3.8, 4) is 0 Å². The zero-order chi connectivity index (χ0) is 15.3. The fourth-order valence-corrected chi connectivity index (χ4v) is 3.12. The summed E-state index contributed by atoms with van der Waals surface area (Å²) in [7, 11) is 0. The maximum Gasteiger partial charge on any atom is 0.246 e. The van der Waals surface area contributed by atoms with Crippen LogP contribution in [0.5, 0.6) is 0 Å². The minimum Gasteiger partial charge on any atom is -0.342 e. The molecule has 5 heteroatoms. The summed E-state index contributed by atoms with van der Waals surface area (Å²) >= 11 is 1.81. The number of carbonyl (C=O) groups is 2. The number of thioether (sulfide) groups is 1. The predicted molar refractivity (Wildman–Crippen MR) is 84.8 cm³/mol. The first-order valence-electron chi connectivity index (χ1n) is 7.62. The van der Waals surface area contributed by atoms with Gasteiger partial charge in [-0.05, 0) is 25.0 Å². The quantitative estimate of drug-likeness (QED) is 0.734. The van der Waals surface area contributed by atoms with E-state index in [9.17, 15) is 9.59 Å². The van der Waals surface area contributed by atoms with Gasteiger partial charge in [-0.15, -0.1) is 0 Å². The Hall–Kier alpha value is -0.710. The molecule has 1 fully saturated rings. The number of hydrogen-bond donors (Lipinski definition) is 1. The van der Waals surface area contributed by atoms with Crippen LogP contribution in [0.15, 0.2) is 0 Å². The SMILES string of the molecule is CCSCCN1C(=O)C(C(C)CC)NC(=O)C1(C)CC. The minimum absolute atomic E-state index is 0.00796. The van der Waals surface area contributed by atoms with Gasteiger partial charge in [-0.2, -0.15) is 11.8 Å². The van der Waals surface area contributed by atoms with Gasteiger partial charge in [0.05, 0.1) is 0 Å². The number of nitrogens with zero attached hydrogens (tertiary/aromatic N) is 1. The molecule has 1 saturated heterocycles. The van der Waals surface area contributed by atoms with Crippen molar-refractivity contribution in [3.05, 3.63) is 0 Å². The zero-order valence-corrected chi connectivity index (χ0v) is 14.2. The summed E-state index contributed by atoms with van der Waals surface area (Å²) < 4.78 is 0. The maximum atomic E-state index is 12.7. The van der Waals surface area contributed by atoms with Gasteiger partial charge in [-0.1, -0.05) is 34.1 Å². The van der Waals surface area contributed by atoms with Crippen molar-refractivity contribution in [3.63, 3.8) is 0 Å². The van der Waals surface area contributed by atoms with Gasteiger partial charge in [0.15, 0.2) is 0 Å². The molecule has 20 heavy (non-hydrogen) atoms. The van der Waals surface area contributed by atoms with Crippen LogP contribution in [0.1, 0.15) is 47.5 Å². The Balaban J connectivity index is 2.95. The first-order valence-corrected chi connectivity index (χ1v) is 8.77. The molecule has 1 aliphatic rings. The third kappa shape index (κ3) is 3.30. The normalized spacial score (nSPS) is 28.4. The first kappa shape index (κ1) is 17.3. The highest BCUT2D eigenvalue weighted by molar-refractivity contribution is 7.99. The Labute approximate surface area is 127 Å². The lowest BCUT2D eigenvalue weighted by Gasteiger charge is -2.47. The molecule has 3 atom stereocenters. The van der Waals surface area contributed by atoms with Crippen LogP contribution in [0.3, 0.4) is 0 Å². The Kier molecular flexibility index (Phi) is 6.37. The third-order valence-corrected chi connectivity index (χ3v) is 5.35. The molecule has 0 aromatic carbocycles. The van der Waals surface area contributed by atoms with Crippen molar-refractivity contribution in [1.29, 1.82) is 0 Å². The zero-order valence-electron chi connectivity index (χ0n) is 13.4. The van der Waals surface area contributed by atoms with E-state index in [2.05, 4.69) is 19.2 Å². The van der Waals surface area contributed by atoms with E-state index in [1.165, 1.54) is 0 Å². The lowest BCUT2D eigenvalue weighted by atomic mass is 9.86. The van der Waals surface area contributed by atoms with Crippen molar-refractivity contribution in [1.82, 2.24) is 10.2 Å². The van der Waals surface area contributed by atoms with Crippen LogP contribution in [0.4, 0.5) is 0 Å². The standard InChI is InChI=1S/C15H28N2O2S/c1-6-11(4)12-13(18)17(9-10-20-8-3)15(5,7-2)14(19)16-12/h11-12H,6-10H2,1-5H3,(H,16,19). The topological polar surface area (TPSA) is 49.4 Å². The van der Waals surface area contributed by atoms with E-state index in [1.807, 2.05) is 25.7 Å². The Morgan fingerprint density at radius 1 is 1.35 bits per heavy atom. The molecule has 1 N–H and O–H groups in total. The Morgan fingerprint density at radius 2 is 2.00 bits per heavy atom. The lowest BCUT2D eigenvalue weighted by molar-refractivity contribution is -0.157. The molecule has 0 saturated carbocycles. The highest BCUT2D eigenvalue weighted by Gasteiger charge is 2.48. The van der Waals surface area contributed by atoms with E-state index in [0.717, 1.165) is 17.9 Å². The molecule has 3 unspecified atom stereocenters. The summed E-state index contributed by atoms with van der Waals surface area (Å²) in [5, 5.41) is 2.94. The molecule has 116 valence electrons. The molecule has 0 aliphatic carbocycles. The lowest BCUT2D eigenvalue weighted by Crippen LogP contribution is -2.70. The highest BCUT2D eigenvalue weighted by atomic mass is 32.2. The van der Waals surface area contributed by atoms with Crippen LogP contribution in [0, 0.1) is 5.92 Å². The van der Waals surface area contributed by atoms with Gasteiger partial charge in [0, 0.05) is 12.3 Å². The monoisotopic (exact) mass is 300 g/mol. The van der Waals surface area contributed by atoms with E-state index in [0.29, 0.717) is 13.0 Å². The molecule has 0 radical (unpaired) electrons. The largest absolute Gasteiger partial charge is 0.342 e. The van der Waals surface area contributed by atoms with E-state index < -0.39 is 5.54 Å². The van der Waals surface area contributed by atoms with Gasteiger partial charge in [-0.25, -0.2) is 0 Å². The molecule has 0 aromatic rings. The van der Waals surface area contributed by atoms with Gasteiger partial charge < -0.3 is 10.2 Å². The minimum atomic E-state index is -0.699. The maximum absolute atomic E-state index is 12.7. The second-order valence-corrected chi connectivity index (χ2v) is 7.04. The molecule has 1 rings (SSSR count). The second-order valence-electron chi connectivity index (χ2n) is 5.65. The number of amides is 2. The number of carbonyl (C=O) groups excluding carboxylic acids is 2. The molecule has 0 bridgehead atoms. The third-order valence-electron chi connectivity index (χ3n) is 4.47. The van der Waals surface area contributed by atoms with Gasteiger partial charge in [0.25, 0.3) is 0 Å². The van der Waals surface area contributed by atoms with Gasteiger partial charge >= 0.3 is 0 Å². The highest BCUT2D eigenvalue weighted by Crippen LogP contribution is 2.28. The fourth-order valence-electron chi connectivity index (χ4n) is 2.52. The molecule has 1 heterocycles. The number of hydrogen-bond acceptors (Lipinski definition) is 3. The van der Waals surface area contributed by atoms with Crippen LogP contribution in [0.2, 0.25) is 0 Å². The van der Waals surface area contributed by atoms with E-state index >= 15 is 0 Å². The van der Waals surface area contributed by atoms with E-state index in [1.54, 1.807) is 11.8 Å². The number of piperazine rings is 1. The molecule has 0 spiro atoms. The van der Waals surface area contributed by atoms with Crippen LogP contribution in [0.25, 0.3) is 0 Å². The Bertz CT molecular complexity index is 362. The van der Waals surface area contributed by atoms with Crippen molar-refractivity contribution in [2.45, 2.75) is 59.0 Å². The Morgan fingerprint density at radius 3 is 2.50 bits per heavy atom. The number of nitrogens with one attached hydrogen (secondary N) is 1. The second kappa shape index (κ2) is 7.34. The molecular weight excluding hydrogens is 272 g/mol. The molecule has 4 nitrogen and oxygen atoms in total. The summed E-state index contributed by atoms with van der Waals surface area (Å²) in [5.74, 6) is 2.17. The van der Waals surface area contributed by atoms with Crippen molar-refractivity contribution in [2.75, 3.05) is 18.1 Å². The van der Waals surface area contributed by atoms with Crippen molar-refractivity contribution < 1.29 is 9.59 Å². The van der Waals surface area contributed by atoms with Crippen molar-refractivity contribution >= 4 is 23.6 Å². The smallest absolute Gasteiger partial charge is 0.246 e. The van der Waals surface area contributed by atoms with Crippen LogP contribution in [-0.2, 0) is 9.59 Å². The molecular formula is C15H28N2O2S. The average molecular weight is 300 g/mol. The van der Waals surface area contributed by atoms with Crippen molar-refractivity contribution in [2.24, 2.45) is 5.92 Å². The summed E-state index contributed by atoms with van der Waals surface area (Å²) in [5.41, 5.74) is -0.699. The van der Waals surface area contributed by atoms with Gasteiger partial charge in [-0.3, -0.25) is 9.59 Å². The van der Waals surface area contributed by atoms with Crippen LogP contribution >= 0.6 is 11.8 Å². The fraction of sp³-hybridized carbons (Fsp3) is 0.867. The van der Waals surface area contributed by atoms with E-state index in [-0.39, 0.29) is 23.8 Å². The molecule has 0 aromatic heterocycles. The first-order chi connectivity index (χ1) is 9.42. The van der Waals surface area contributed by atoms with E-state index in [4.69, 9.17) is 0 Å². The summed E-state index contributed by atoms with van der Waals surface area (Å²) in [6.45, 7) is 10.7. The number of rotatable bonds is 7. The van der Waals surface area contributed by atoms with Crippen LogP contribution in [-0.4, -0.2) is 46.3 Å². The van der Waals surface area contributed by atoms with Crippen LogP contribution < -0.4 is 5.32 Å². The average Bonchev–Trinajstić information content (AvgIpc) is 2.45. The predicted octanol–water partition coefficient (Wildman–Crippen LogP) is 2.28. The summed E-state index contributed by atoms with van der Waals surface area (Å²) in [4.78, 5) is 27.0. The van der Waals surface area contributed by atoms with Gasteiger partial charge in [0.2, 0.25) is 11.8 Å².